The van der Waals surface area contributed by atoms with E-state index in [9.17, 15) is 4.79 Å². The summed E-state index contributed by atoms with van der Waals surface area (Å²) < 4.78 is 5.01. The molecule has 1 fully saturated rings. The predicted octanol–water partition coefficient (Wildman–Crippen LogP) is 0.524. The van der Waals surface area contributed by atoms with Gasteiger partial charge >= 0.3 is 0 Å². The lowest BCUT2D eigenvalue weighted by molar-refractivity contribution is -0.124. The summed E-state index contributed by atoms with van der Waals surface area (Å²) in [6, 6.07) is 0. The molecule has 0 bridgehead atoms. The lowest BCUT2D eigenvalue weighted by Gasteiger charge is -2.16. The second-order valence-corrected chi connectivity index (χ2v) is 4.63. The normalized spacial score (nSPS) is 17.7. The van der Waals surface area contributed by atoms with Gasteiger partial charge in [0.1, 0.15) is 0 Å². The first-order chi connectivity index (χ1) is 8.24. The molecule has 0 radical (unpaired) electrons. The highest BCUT2D eigenvalue weighted by Crippen LogP contribution is 2.06. The van der Waals surface area contributed by atoms with Gasteiger partial charge < -0.3 is 20.3 Å². The number of carbonyl (C=O) groups is 1. The molecule has 1 atom stereocenters. The fraction of sp³-hybridized carbons (Fsp3) is 0.917. The Labute approximate surface area is 128 Å². The van der Waals surface area contributed by atoms with Crippen LogP contribution in [0, 0.1) is 5.92 Å². The maximum Gasteiger partial charge on any atom is 0.224 e. The summed E-state index contributed by atoms with van der Waals surface area (Å²) in [7, 11) is 3.78. The number of hydrogen-bond acceptors (Lipinski definition) is 4. The Bertz CT molecular complexity index is 227. The third-order valence-corrected chi connectivity index (χ3v) is 3.12. The molecule has 1 rings (SSSR count). The number of methoxy groups -OCH3 is 1. The second kappa shape index (κ2) is 12.9. The topological polar surface area (TPSA) is 53.6 Å². The molecule has 2 N–H and O–H groups in total. The van der Waals surface area contributed by atoms with Gasteiger partial charge in [-0.1, -0.05) is 0 Å². The molecule has 0 aromatic carbocycles. The smallest absolute Gasteiger partial charge is 0.224 e. The Balaban J connectivity index is 0. The van der Waals surface area contributed by atoms with E-state index in [2.05, 4.69) is 22.6 Å². The fourth-order valence-corrected chi connectivity index (χ4v) is 1.94. The van der Waals surface area contributed by atoms with E-state index in [1.54, 1.807) is 7.11 Å². The predicted molar refractivity (Wildman–Crippen MR) is 82.5 cm³/mol. The molecule has 7 heteroatoms. The van der Waals surface area contributed by atoms with Crippen molar-refractivity contribution in [3.8, 4) is 0 Å². The first-order valence-corrected chi connectivity index (χ1v) is 6.40. The summed E-state index contributed by atoms with van der Waals surface area (Å²) >= 11 is 0. The molecule has 19 heavy (non-hydrogen) atoms. The first kappa shape index (κ1) is 21.2. The zero-order valence-electron chi connectivity index (χ0n) is 11.8. The highest BCUT2D eigenvalue weighted by molar-refractivity contribution is 5.85. The zero-order valence-corrected chi connectivity index (χ0v) is 13.4. The number of nitrogens with one attached hydrogen (secondary N) is 2. The summed E-state index contributed by atoms with van der Waals surface area (Å²) in [6.07, 6.45) is 1.96. The number of ether oxygens (including phenoxy) is 1. The molecule has 5 nitrogen and oxygen atoms in total. The van der Waals surface area contributed by atoms with Crippen LogP contribution in [0.15, 0.2) is 0 Å². The molecule has 1 saturated heterocycles. The molecule has 1 unspecified atom stereocenters. The van der Waals surface area contributed by atoms with Crippen LogP contribution in [-0.2, 0) is 9.53 Å². The number of rotatable bonds is 8. The molecular formula is C12H27Cl2N3O2. The Morgan fingerprint density at radius 2 is 2.16 bits per heavy atom. The Hall–Kier alpha value is -0.0700. The van der Waals surface area contributed by atoms with Gasteiger partial charge in [-0.25, -0.2) is 0 Å². The van der Waals surface area contributed by atoms with Gasteiger partial charge in [-0.05, 0) is 33.0 Å². The maximum absolute atomic E-state index is 11.7. The second-order valence-electron chi connectivity index (χ2n) is 4.63. The SMILES string of the molecule is COCCN(C)CCCNC(=O)C1CCNC1.Cl.Cl. The van der Waals surface area contributed by atoms with Crippen LogP contribution >= 0.6 is 24.8 Å². The van der Waals surface area contributed by atoms with Crippen molar-refractivity contribution in [1.29, 1.82) is 0 Å². The molecular weight excluding hydrogens is 289 g/mol. The fourth-order valence-electron chi connectivity index (χ4n) is 1.94. The zero-order chi connectivity index (χ0) is 12.5. The number of halogens is 2. The summed E-state index contributed by atoms with van der Waals surface area (Å²) in [5, 5.41) is 6.20. The molecule has 0 aliphatic carbocycles. The van der Waals surface area contributed by atoms with E-state index >= 15 is 0 Å². The van der Waals surface area contributed by atoms with Crippen molar-refractivity contribution in [2.45, 2.75) is 12.8 Å². The summed E-state index contributed by atoms with van der Waals surface area (Å²) in [6.45, 7) is 5.27. The van der Waals surface area contributed by atoms with Gasteiger partial charge in [0.05, 0.1) is 12.5 Å². The Morgan fingerprint density at radius 3 is 2.74 bits per heavy atom. The number of nitrogens with zero attached hydrogens (tertiary/aromatic N) is 1. The maximum atomic E-state index is 11.7. The van der Waals surface area contributed by atoms with Crippen LogP contribution < -0.4 is 10.6 Å². The molecule has 0 saturated carbocycles. The van der Waals surface area contributed by atoms with Gasteiger partial charge in [0.25, 0.3) is 0 Å². The largest absolute Gasteiger partial charge is 0.383 e. The third kappa shape index (κ3) is 9.46. The lowest BCUT2D eigenvalue weighted by atomic mass is 10.1. The van der Waals surface area contributed by atoms with Gasteiger partial charge in [0.2, 0.25) is 5.91 Å². The number of carbonyl (C=O) groups excluding carboxylic acids is 1. The minimum absolute atomic E-state index is 0. The average molecular weight is 316 g/mol. The Kier molecular flexibility index (Phi) is 14.5. The van der Waals surface area contributed by atoms with E-state index in [0.717, 1.165) is 52.2 Å². The molecule has 0 spiro atoms. The van der Waals surface area contributed by atoms with Crippen molar-refractivity contribution in [3.05, 3.63) is 0 Å². The highest BCUT2D eigenvalue weighted by atomic mass is 35.5. The van der Waals surface area contributed by atoms with E-state index in [1.807, 2.05) is 0 Å². The van der Waals surface area contributed by atoms with Crippen molar-refractivity contribution in [1.82, 2.24) is 15.5 Å². The van der Waals surface area contributed by atoms with Crippen LogP contribution in [0.5, 0.6) is 0 Å². The van der Waals surface area contributed by atoms with E-state index in [1.165, 1.54) is 0 Å². The van der Waals surface area contributed by atoms with Crippen LogP contribution in [0.25, 0.3) is 0 Å². The highest BCUT2D eigenvalue weighted by Gasteiger charge is 2.21. The molecule has 0 aromatic heterocycles. The molecule has 1 amide bonds. The standard InChI is InChI=1S/C12H25N3O2.2ClH/c1-15(8-9-17-2)7-3-5-14-12(16)11-4-6-13-10-11;;/h11,13H,3-10H2,1-2H3,(H,14,16);2*1H. The monoisotopic (exact) mass is 315 g/mol. The number of likely N-dealkylation sites (N-methyl/N-ethyl adjacent to an activating group) is 1. The van der Waals surface area contributed by atoms with Gasteiger partial charge in [-0.3, -0.25) is 4.79 Å². The van der Waals surface area contributed by atoms with Gasteiger partial charge in [0.15, 0.2) is 0 Å². The van der Waals surface area contributed by atoms with E-state index < -0.39 is 0 Å². The minimum atomic E-state index is 0. The van der Waals surface area contributed by atoms with Gasteiger partial charge in [-0.2, -0.15) is 0 Å². The quantitative estimate of drug-likeness (QED) is 0.641. The Morgan fingerprint density at radius 1 is 1.42 bits per heavy atom. The molecule has 1 heterocycles. The van der Waals surface area contributed by atoms with Crippen molar-refractivity contribution >= 4 is 30.7 Å². The van der Waals surface area contributed by atoms with Crippen LogP contribution in [0.3, 0.4) is 0 Å². The van der Waals surface area contributed by atoms with Gasteiger partial charge in [0, 0.05) is 26.7 Å². The van der Waals surface area contributed by atoms with Crippen molar-refractivity contribution in [3.63, 3.8) is 0 Å². The van der Waals surface area contributed by atoms with E-state index in [4.69, 9.17) is 4.74 Å². The molecule has 1 aliphatic heterocycles. The minimum Gasteiger partial charge on any atom is -0.383 e. The third-order valence-electron chi connectivity index (χ3n) is 3.12. The first-order valence-electron chi connectivity index (χ1n) is 6.40. The average Bonchev–Trinajstić information content (AvgIpc) is 2.85. The van der Waals surface area contributed by atoms with Crippen molar-refractivity contribution < 1.29 is 9.53 Å². The van der Waals surface area contributed by atoms with Gasteiger partial charge in [-0.15, -0.1) is 24.8 Å². The molecule has 0 aromatic rings. The number of amides is 1. The van der Waals surface area contributed by atoms with Crippen LogP contribution in [0.2, 0.25) is 0 Å². The molecule has 1 aliphatic rings. The van der Waals surface area contributed by atoms with Crippen LogP contribution in [0.4, 0.5) is 0 Å². The lowest BCUT2D eigenvalue weighted by Crippen LogP contribution is -2.34. The van der Waals surface area contributed by atoms with Crippen LogP contribution in [0.1, 0.15) is 12.8 Å². The summed E-state index contributed by atoms with van der Waals surface area (Å²) in [4.78, 5) is 13.9. The summed E-state index contributed by atoms with van der Waals surface area (Å²) in [5.74, 6) is 0.385. The van der Waals surface area contributed by atoms with Crippen molar-refractivity contribution in [2.24, 2.45) is 5.92 Å². The van der Waals surface area contributed by atoms with E-state index in [0.29, 0.717) is 0 Å². The number of hydrogen-bond donors (Lipinski definition) is 2. The van der Waals surface area contributed by atoms with Crippen molar-refractivity contribution in [2.75, 3.05) is 53.5 Å². The van der Waals surface area contributed by atoms with Crippen LogP contribution in [-0.4, -0.2) is 64.3 Å². The van der Waals surface area contributed by atoms with E-state index in [-0.39, 0.29) is 36.6 Å². The molecule has 116 valence electrons. The summed E-state index contributed by atoms with van der Waals surface area (Å²) in [5.41, 5.74) is 0.